The van der Waals surface area contributed by atoms with Gasteiger partial charge in [0, 0.05) is 29.2 Å². The zero-order valence-electron chi connectivity index (χ0n) is 11.4. The SMILES string of the molecule is O=C(Cn1ccc2ccc(Br)cc21)NCCc1ccco1. The zero-order valence-corrected chi connectivity index (χ0v) is 13.0. The molecule has 1 aromatic carbocycles. The summed E-state index contributed by atoms with van der Waals surface area (Å²) >= 11 is 3.46. The first kappa shape index (κ1) is 13.9. The third-order valence-electron chi connectivity index (χ3n) is 3.32. The first-order valence-corrected chi connectivity index (χ1v) is 7.55. The predicted octanol–water partition coefficient (Wildman–Crippen LogP) is 3.36. The third kappa shape index (κ3) is 3.36. The Bertz CT molecular complexity index is 747. The summed E-state index contributed by atoms with van der Waals surface area (Å²) in [6, 6.07) is 11.8. The molecule has 3 aromatic rings. The van der Waals surface area contributed by atoms with Gasteiger partial charge in [-0.05, 0) is 35.7 Å². The molecule has 0 aliphatic carbocycles. The number of hydrogen-bond acceptors (Lipinski definition) is 2. The van der Waals surface area contributed by atoms with E-state index < -0.39 is 0 Å². The summed E-state index contributed by atoms with van der Waals surface area (Å²) in [5, 5.41) is 4.03. The largest absolute Gasteiger partial charge is 0.469 e. The summed E-state index contributed by atoms with van der Waals surface area (Å²) in [7, 11) is 0. The molecule has 2 heterocycles. The van der Waals surface area contributed by atoms with Gasteiger partial charge in [0.1, 0.15) is 12.3 Å². The summed E-state index contributed by atoms with van der Waals surface area (Å²) in [6.45, 7) is 0.896. The molecule has 2 aromatic heterocycles. The van der Waals surface area contributed by atoms with Gasteiger partial charge in [-0.15, -0.1) is 0 Å². The second-order valence-electron chi connectivity index (χ2n) is 4.83. The summed E-state index contributed by atoms with van der Waals surface area (Å²) in [6.07, 6.45) is 4.28. The maximum atomic E-state index is 12.0. The van der Waals surface area contributed by atoms with Gasteiger partial charge in [-0.1, -0.05) is 22.0 Å². The smallest absolute Gasteiger partial charge is 0.239 e. The summed E-state index contributed by atoms with van der Waals surface area (Å²) in [5.41, 5.74) is 1.05. The standard InChI is InChI=1S/C16H15BrN2O2/c17-13-4-3-12-6-8-19(15(12)10-13)11-16(20)18-7-5-14-2-1-9-21-14/h1-4,6,8-10H,5,7,11H2,(H,18,20). The van der Waals surface area contributed by atoms with Crippen LogP contribution >= 0.6 is 15.9 Å². The molecule has 0 fully saturated rings. The Kier molecular flexibility index (Phi) is 4.10. The fraction of sp³-hybridized carbons (Fsp3) is 0.188. The van der Waals surface area contributed by atoms with Crippen molar-refractivity contribution >= 4 is 32.7 Å². The van der Waals surface area contributed by atoms with E-state index in [2.05, 4.69) is 21.2 Å². The zero-order chi connectivity index (χ0) is 14.7. The Morgan fingerprint density at radius 1 is 1.29 bits per heavy atom. The minimum Gasteiger partial charge on any atom is -0.469 e. The van der Waals surface area contributed by atoms with Crippen molar-refractivity contribution in [2.75, 3.05) is 6.54 Å². The van der Waals surface area contributed by atoms with Crippen molar-refractivity contribution in [1.29, 1.82) is 0 Å². The molecular formula is C16H15BrN2O2. The normalized spacial score (nSPS) is 10.9. The molecule has 0 spiro atoms. The first-order valence-electron chi connectivity index (χ1n) is 6.76. The fourth-order valence-corrected chi connectivity index (χ4v) is 2.63. The molecule has 108 valence electrons. The Balaban J connectivity index is 1.59. The quantitative estimate of drug-likeness (QED) is 0.769. The Morgan fingerprint density at radius 2 is 2.19 bits per heavy atom. The highest BCUT2D eigenvalue weighted by Gasteiger charge is 2.06. The van der Waals surface area contributed by atoms with E-state index in [9.17, 15) is 4.79 Å². The lowest BCUT2D eigenvalue weighted by Gasteiger charge is -2.07. The number of aromatic nitrogens is 1. The van der Waals surface area contributed by atoms with Crippen LogP contribution in [-0.4, -0.2) is 17.0 Å². The third-order valence-corrected chi connectivity index (χ3v) is 3.82. The average molecular weight is 347 g/mol. The predicted molar refractivity (Wildman–Crippen MR) is 85.1 cm³/mol. The second-order valence-corrected chi connectivity index (χ2v) is 5.74. The van der Waals surface area contributed by atoms with E-state index in [0.717, 1.165) is 21.1 Å². The van der Waals surface area contributed by atoms with Crippen molar-refractivity contribution in [2.24, 2.45) is 0 Å². The number of rotatable bonds is 5. The molecule has 0 aliphatic heterocycles. The number of nitrogens with zero attached hydrogens (tertiary/aromatic N) is 1. The van der Waals surface area contributed by atoms with Crippen LogP contribution in [0, 0.1) is 0 Å². The fourth-order valence-electron chi connectivity index (χ4n) is 2.29. The van der Waals surface area contributed by atoms with E-state index in [-0.39, 0.29) is 5.91 Å². The van der Waals surface area contributed by atoms with E-state index >= 15 is 0 Å². The molecule has 1 N–H and O–H groups in total. The minimum absolute atomic E-state index is 0.000897. The van der Waals surface area contributed by atoms with Crippen LogP contribution in [0.25, 0.3) is 10.9 Å². The van der Waals surface area contributed by atoms with Gasteiger partial charge in [-0.2, -0.15) is 0 Å². The monoisotopic (exact) mass is 346 g/mol. The number of furan rings is 1. The van der Waals surface area contributed by atoms with Crippen LogP contribution in [0.2, 0.25) is 0 Å². The number of halogens is 1. The number of fused-ring (bicyclic) bond motifs is 1. The van der Waals surface area contributed by atoms with Crippen molar-refractivity contribution < 1.29 is 9.21 Å². The van der Waals surface area contributed by atoms with E-state index in [1.165, 1.54) is 0 Å². The van der Waals surface area contributed by atoms with Crippen molar-refractivity contribution in [3.63, 3.8) is 0 Å². The molecule has 0 saturated heterocycles. The van der Waals surface area contributed by atoms with Gasteiger partial charge < -0.3 is 14.3 Å². The number of nitrogens with one attached hydrogen (secondary N) is 1. The maximum absolute atomic E-state index is 12.0. The molecule has 0 saturated carbocycles. The molecule has 0 aliphatic rings. The highest BCUT2D eigenvalue weighted by atomic mass is 79.9. The lowest BCUT2D eigenvalue weighted by molar-refractivity contribution is -0.121. The molecular weight excluding hydrogens is 332 g/mol. The van der Waals surface area contributed by atoms with Crippen LogP contribution in [0.1, 0.15) is 5.76 Å². The maximum Gasteiger partial charge on any atom is 0.239 e. The van der Waals surface area contributed by atoms with Gasteiger partial charge in [0.2, 0.25) is 5.91 Å². The summed E-state index contributed by atoms with van der Waals surface area (Å²) in [5.74, 6) is 0.879. The van der Waals surface area contributed by atoms with Crippen LogP contribution < -0.4 is 5.32 Å². The molecule has 0 bridgehead atoms. The van der Waals surface area contributed by atoms with Crippen LogP contribution in [0.5, 0.6) is 0 Å². The minimum atomic E-state index is -0.000897. The lowest BCUT2D eigenvalue weighted by Crippen LogP contribution is -2.29. The van der Waals surface area contributed by atoms with Crippen LogP contribution in [0.4, 0.5) is 0 Å². The molecule has 5 heteroatoms. The summed E-state index contributed by atoms with van der Waals surface area (Å²) in [4.78, 5) is 12.0. The first-order chi connectivity index (χ1) is 10.2. The summed E-state index contributed by atoms with van der Waals surface area (Å²) < 4.78 is 8.18. The Hall–Kier alpha value is -2.01. The topological polar surface area (TPSA) is 47.2 Å². The number of amides is 1. The molecule has 1 amide bonds. The molecule has 21 heavy (non-hydrogen) atoms. The Morgan fingerprint density at radius 3 is 3.00 bits per heavy atom. The van der Waals surface area contributed by atoms with Crippen molar-refractivity contribution in [1.82, 2.24) is 9.88 Å². The van der Waals surface area contributed by atoms with Gasteiger partial charge in [-0.3, -0.25) is 4.79 Å². The number of carbonyl (C=O) groups is 1. The van der Waals surface area contributed by atoms with Crippen molar-refractivity contribution in [3.8, 4) is 0 Å². The lowest BCUT2D eigenvalue weighted by atomic mass is 10.2. The number of carbonyl (C=O) groups excluding carboxylic acids is 1. The van der Waals surface area contributed by atoms with Gasteiger partial charge in [-0.25, -0.2) is 0 Å². The highest BCUT2D eigenvalue weighted by molar-refractivity contribution is 9.10. The van der Waals surface area contributed by atoms with Crippen LogP contribution in [0.3, 0.4) is 0 Å². The number of hydrogen-bond donors (Lipinski definition) is 1. The van der Waals surface area contributed by atoms with E-state index in [1.807, 2.05) is 47.2 Å². The van der Waals surface area contributed by atoms with Crippen LogP contribution in [0.15, 0.2) is 57.7 Å². The van der Waals surface area contributed by atoms with Gasteiger partial charge in [0.05, 0.1) is 6.26 Å². The highest BCUT2D eigenvalue weighted by Crippen LogP contribution is 2.20. The molecule has 3 rings (SSSR count). The van der Waals surface area contributed by atoms with Gasteiger partial charge >= 0.3 is 0 Å². The van der Waals surface area contributed by atoms with Crippen molar-refractivity contribution in [3.05, 3.63) is 59.1 Å². The van der Waals surface area contributed by atoms with Crippen molar-refractivity contribution in [2.45, 2.75) is 13.0 Å². The molecule has 0 atom stereocenters. The average Bonchev–Trinajstić information content (AvgIpc) is 3.09. The van der Waals surface area contributed by atoms with E-state index in [1.54, 1.807) is 6.26 Å². The van der Waals surface area contributed by atoms with Gasteiger partial charge in [0.25, 0.3) is 0 Å². The van der Waals surface area contributed by atoms with E-state index in [4.69, 9.17) is 4.42 Å². The van der Waals surface area contributed by atoms with Crippen LogP contribution in [-0.2, 0) is 17.8 Å². The molecule has 0 radical (unpaired) electrons. The Labute approximate surface area is 130 Å². The van der Waals surface area contributed by atoms with Gasteiger partial charge in [0.15, 0.2) is 0 Å². The second kappa shape index (κ2) is 6.18. The molecule has 0 unspecified atom stereocenters. The van der Waals surface area contributed by atoms with E-state index in [0.29, 0.717) is 19.5 Å². The molecule has 4 nitrogen and oxygen atoms in total. The number of benzene rings is 1.